The number of azo groups is 2. The third kappa shape index (κ3) is 12.2. The fraction of sp³-hybridized carbons (Fsp3) is 0.457. The first kappa shape index (κ1) is 32.8. The van der Waals surface area contributed by atoms with Crippen molar-refractivity contribution < 1.29 is 19.0 Å². The van der Waals surface area contributed by atoms with Crippen molar-refractivity contribution in [1.82, 2.24) is 0 Å². The van der Waals surface area contributed by atoms with Gasteiger partial charge in [0.25, 0.3) is 0 Å². The summed E-state index contributed by atoms with van der Waals surface area (Å²) >= 11 is 0. The molecule has 1 aliphatic rings. The van der Waals surface area contributed by atoms with Gasteiger partial charge in [-0.15, -0.1) is 0 Å². The van der Waals surface area contributed by atoms with Gasteiger partial charge in [0.1, 0.15) is 12.5 Å². The summed E-state index contributed by atoms with van der Waals surface area (Å²) in [5.41, 5.74) is 4.19. The molecule has 1 heterocycles. The van der Waals surface area contributed by atoms with Gasteiger partial charge >= 0.3 is 5.97 Å². The fourth-order valence-corrected chi connectivity index (χ4v) is 4.70. The average Bonchev–Trinajstić information content (AvgIpc) is 3.07. The van der Waals surface area contributed by atoms with Crippen LogP contribution in [0, 0.1) is 0 Å². The van der Waals surface area contributed by atoms with Gasteiger partial charge < -0.3 is 19.1 Å². The summed E-state index contributed by atoms with van der Waals surface area (Å²) in [7, 11) is 0. The molecular weight excluding hydrogens is 554 g/mol. The lowest BCUT2D eigenvalue weighted by Gasteiger charge is -2.28. The van der Waals surface area contributed by atoms with Crippen molar-refractivity contribution in [2.24, 2.45) is 20.5 Å². The summed E-state index contributed by atoms with van der Waals surface area (Å²) in [5, 5.41) is 17.4. The Morgan fingerprint density at radius 3 is 1.73 bits per heavy atom. The number of benzene rings is 3. The van der Waals surface area contributed by atoms with Crippen LogP contribution in [-0.4, -0.2) is 39.1 Å². The summed E-state index contributed by atoms with van der Waals surface area (Å²) in [6.45, 7) is 5.72. The number of nitrogens with zero attached hydrogens (tertiary/aromatic N) is 5. The van der Waals surface area contributed by atoms with Gasteiger partial charge in [0.05, 0.1) is 42.6 Å². The Labute approximate surface area is 261 Å². The highest BCUT2D eigenvalue weighted by molar-refractivity contribution is 5.69. The predicted octanol–water partition coefficient (Wildman–Crippen LogP) is 10.2. The molecule has 0 amide bonds. The highest BCUT2D eigenvalue weighted by Crippen LogP contribution is 2.26. The first-order valence-electron chi connectivity index (χ1n) is 15.9. The van der Waals surface area contributed by atoms with Crippen molar-refractivity contribution in [2.75, 3.05) is 38.0 Å². The summed E-state index contributed by atoms with van der Waals surface area (Å²) in [4.78, 5) is 13.5. The molecule has 1 aliphatic heterocycles. The van der Waals surface area contributed by atoms with Crippen LogP contribution in [0.4, 0.5) is 28.4 Å². The van der Waals surface area contributed by atoms with Crippen LogP contribution in [0.3, 0.4) is 0 Å². The molecule has 0 atom stereocenters. The van der Waals surface area contributed by atoms with Gasteiger partial charge in [0.15, 0.2) is 0 Å². The predicted molar refractivity (Wildman–Crippen MR) is 174 cm³/mol. The van der Waals surface area contributed by atoms with E-state index in [0.29, 0.717) is 26.4 Å². The van der Waals surface area contributed by atoms with Crippen LogP contribution in [-0.2, 0) is 14.3 Å². The molecule has 44 heavy (non-hydrogen) atoms. The first-order chi connectivity index (χ1) is 21.7. The molecule has 0 N–H and O–H groups in total. The van der Waals surface area contributed by atoms with Crippen LogP contribution in [0.15, 0.2) is 93.3 Å². The van der Waals surface area contributed by atoms with Crippen molar-refractivity contribution >= 4 is 34.4 Å². The molecule has 9 nitrogen and oxygen atoms in total. The summed E-state index contributed by atoms with van der Waals surface area (Å²) in [6, 6.07) is 23.2. The Kier molecular flexibility index (Phi) is 14.3. The van der Waals surface area contributed by atoms with Gasteiger partial charge in [-0.3, -0.25) is 4.79 Å². The van der Waals surface area contributed by atoms with Crippen molar-refractivity contribution in [1.29, 1.82) is 0 Å². The number of carbonyl (C=O) groups excluding carboxylic acids is 1. The maximum Gasteiger partial charge on any atom is 0.305 e. The van der Waals surface area contributed by atoms with Crippen LogP contribution in [0.5, 0.6) is 5.75 Å². The van der Waals surface area contributed by atoms with Crippen LogP contribution in [0.1, 0.15) is 71.1 Å². The maximum absolute atomic E-state index is 11.3. The van der Waals surface area contributed by atoms with E-state index in [1.54, 1.807) is 0 Å². The number of carbonyl (C=O) groups is 1. The van der Waals surface area contributed by atoms with Crippen molar-refractivity contribution in [3.8, 4) is 5.75 Å². The molecule has 234 valence electrons. The molecule has 3 aromatic rings. The first-order valence-corrected chi connectivity index (χ1v) is 15.9. The Morgan fingerprint density at radius 2 is 1.20 bits per heavy atom. The monoisotopic (exact) mass is 599 g/mol. The van der Waals surface area contributed by atoms with E-state index in [1.807, 2.05) is 67.6 Å². The van der Waals surface area contributed by atoms with Gasteiger partial charge in [-0.05, 0) is 98.5 Å². The quantitative estimate of drug-likeness (QED) is 0.0823. The Hall–Kier alpha value is -4.11. The second kappa shape index (κ2) is 19.2. The lowest BCUT2D eigenvalue weighted by molar-refractivity contribution is -0.143. The molecule has 4 rings (SSSR count). The zero-order valence-corrected chi connectivity index (χ0v) is 25.9. The van der Waals surface area contributed by atoms with Crippen LogP contribution in [0.25, 0.3) is 0 Å². The largest absolute Gasteiger partial charge is 0.494 e. The Morgan fingerprint density at radius 1 is 0.705 bits per heavy atom. The van der Waals surface area contributed by atoms with Gasteiger partial charge in [-0.1, -0.05) is 39.0 Å². The minimum atomic E-state index is -0.0736. The average molecular weight is 600 g/mol. The van der Waals surface area contributed by atoms with Crippen molar-refractivity contribution in [2.45, 2.75) is 71.1 Å². The van der Waals surface area contributed by atoms with Crippen LogP contribution >= 0.6 is 0 Å². The van der Waals surface area contributed by atoms with Crippen LogP contribution in [0.2, 0.25) is 0 Å². The summed E-state index contributed by atoms with van der Waals surface area (Å²) in [6.07, 6.45) is 10.3. The highest BCUT2D eigenvalue weighted by atomic mass is 16.5. The molecule has 3 aromatic carbocycles. The zero-order valence-electron chi connectivity index (χ0n) is 25.9. The number of hydrogen-bond acceptors (Lipinski definition) is 9. The fourth-order valence-electron chi connectivity index (χ4n) is 4.70. The summed E-state index contributed by atoms with van der Waals surface area (Å²) in [5.74, 6) is 0.766. The second-order valence-corrected chi connectivity index (χ2v) is 10.9. The van der Waals surface area contributed by atoms with Gasteiger partial charge in [0, 0.05) is 18.7 Å². The molecule has 0 spiro atoms. The van der Waals surface area contributed by atoms with Crippen molar-refractivity contribution in [3.05, 3.63) is 72.8 Å². The third-order valence-electron chi connectivity index (χ3n) is 7.20. The smallest absolute Gasteiger partial charge is 0.305 e. The molecule has 1 saturated heterocycles. The molecule has 9 heteroatoms. The van der Waals surface area contributed by atoms with E-state index < -0.39 is 0 Å². The zero-order chi connectivity index (χ0) is 30.7. The number of ether oxygens (including phenoxy) is 3. The SMILES string of the molecule is CCCC(=O)OCCCCCCCCCOc1ccc(N=Nc2ccc(N=Nc3ccc(N4CCCOC4)cc3)cc2)cc1. The summed E-state index contributed by atoms with van der Waals surface area (Å²) < 4.78 is 16.6. The number of anilines is 1. The molecule has 0 saturated carbocycles. The molecule has 0 aliphatic carbocycles. The lowest BCUT2D eigenvalue weighted by atomic mass is 10.1. The maximum atomic E-state index is 11.3. The molecule has 1 fully saturated rings. The number of hydrogen-bond donors (Lipinski definition) is 0. The number of unbranched alkanes of at least 4 members (excludes halogenated alkanes) is 6. The lowest BCUT2D eigenvalue weighted by Crippen LogP contribution is -2.32. The molecular formula is C35H45N5O4. The number of esters is 1. The Bertz CT molecular complexity index is 1290. The van der Waals surface area contributed by atoms with E-state index in [1.165, 1.54) is 19.3 Å². The topological polar surface area (TPSA) is 97.4 Å². The van der Waals surface area contributed by atoms with E-state index in [2.05, 4.69) is 37.5 Å². The van der Waals surface area contributed by atoms with Gasteiger partial charge in [-0.2, -0.15) is 20.5 Å². The van der Waals surface area contributed by atoms with Crippen molar-refractivity contribution in [3.63, 3.8) is 0 Å². The van der Waals surface area contributed by atoms with E-state index in [0.717, 1.165) is 85.9 Å². The van der Waals surface area contributed by atoms with E-state index in [-0.39, 0.29) is 5.97 Å². The molecule has 0 bridgehead atoms. The minimum Gasteiger partial charge on any atom is -0.494 e. The number of rotatable bonds is 18. The standard InChI is InChI=1S/C35H45N5O4/c1-2-11-35(41)44-27-9-7-5-3-4-6-8-26-43-34-22-18-32(19-23-34)39-37-30-14-12-29(13-15-30)36-38-31-16-20-33(21-17-31)40-24-10-25-42-28-40/h12-23H,2-11,24-28H2,1H3. The molecule has 0 aromatic heterocycles. The van der Waals surface area contributed by atoms with Crippen LogP contribution < -0.4 is 9.64 Å². The molecule has 0 unspecified atom stereocenters. The minimum absolute atomic E-state index is 0.0736. The molecule has 0 radical (unpaired) electrons. The highest BCUT2D eigenvalue weighted by Gasteiger charge is 2.10. The normalized spacial score (nSPS) is 13.5. The van der Waals surface area contributed by atoms with E-state index >= 15 is 0 Å². The van der Waals surface area contributed by atoms with E-state index in [9.17, 15) is 4.79 Å². The van der Waals surface area contributed by atoms with Gasteiger partial charge in [0.2, 0.25) is 0 Å². The second-order valence-electron chi connectivity index (χ2n) is 10.9. The Balaban J connectivity index is 1.08. The van der Waals surface area contributed by atoms with Gasteiger partial charge in [-0.25, -0.2) is 0 Å². The third-order valence-corrected chi connectivity index (χ3v) is 7.20. The van der Waals surface area contributed by atoms with E-state index in [4.69, 9.17) is 14.2 Å².